The third kappa shape index (κ3) is 3.67. The van der Waals surface area contributed by atoms with Crippen LogP contribution in [0.25, 0.3) is 6.08 Å². The van der Waals surface area contributed by atoms with Gasteiger partial charge in [0.1, 0.15) is 11.6 Å². The second-order valence-electron chi connectivity index (χ2n) is 8.93. The molecule has 2 aliphatic rings. The number of urea groups is 1. The molecular weight excluding hydrogens is 393 g/mol. The topological polar surface area (TPSA) is 63.7 Å². The van der Waals surface area contributed by atoms with Gasteiger partial charge in [0.05, 0.1) is 17.6 Å². The Hall–Kier alpha value is -2.93. The number of allylic oxidation sites excluding steroid dienone is 1. The van der Waals surface area contributed by atoms with Crippen LogP contribution >= 0.6 is 0 Å². The number of amides is 2. The number of aromatic nitrogens is 1. The minimum absolute atomic E-state index is 0.0334. The molecule has 2 amide bonds. The van der Waals surface area contributed by atoms with Gasteiger partial charge in [-0.25, -0.2) is 14.2 Å². The number of halogens is 1. The third-order valence-electron chi connectivity index (χ3n) is 7.06. The number of H-pyrrole nitrogens is 1. The standard InChI is InChI=1S/C24H30FN5O/c1-17(14-19-20(25)15-27-21(19)26-2)30-16-23(28-22(30)31)10-12-24(13-11-23,29(3)4)18-8-6-5-7-9-18/h5-9,14-15,27H,2,10-13,16H2,1,3-4H3,(H,28,31)/b17-14+. The first-order valence-electron chi connectivity index (χ1n) is 10.6. The summed E-state index contributed by atoms with van der Waals surface area (Å²) in [6, 6.07) is 10.5. The van der Waals surface area contributed by atoms with E-state index >= 15 is 0 Å². The van der Waals surface area contributed by atoms with E-state index in [0.29, 0.717) is 23.6 Å². The van der Waals surface area contributed by atoms with Gasteiger partial charge >= 0.3 is 6.03 Å². The molecule has 164 valence electrons. The van der Waals surface area contributed by atoms with Gasteiger partial charge in [-0.1, -0.05) is 30.3 Å². The average molecular weight is 424 g/mol. The van der Waals surface area contributed by atoms with Crippen LogP contribution < -0.4 is 5.32 Å². The molecule has 2 N–H and O–H groups in total. The van der Waals surface area contributed by atoms with Gasteiger partial charge in [-0.2, -0.15) is 0 Å². The van der Waals surface area contributed by atoms with Crippen molar-refractivity contribution in [1.82, 2.24) is 20.1 Å². The summed E-state index contributed by atoms with van der Waals surface area (Å²) in [5.41, 5.74) is 2.02. The Bertz CT molecular complexity index is 1000. The molecule has 1 aliphatic heterocycles. The number of nitrogens with zero attached hydrogens (tertiary/aromatic N) is 3. The lowest BCUT2D eigenvalue weighted by Crippen LogP contribution is -2.53. The lowest BCUT2D eigenvalue weighted by molar-refractivity contribution is 0.0629. The Balaban J connectivity index is 1.54. The number of aromatic amines is 1. The number of hydrogen-bond donors (Lipinski definition) is 2. The molecule has 2 heterocycles. The van der Waals surface area contributed by atoms with Gasteiger partial charge in [0, 0.05) is 17.4 Å². The van der Waals surface area contributed by atoms with Crippen molar-refractivity contribution in [2.75, 3.05) is 20.6 Å². The summed E-state index contributed by atoms with van der Waals surface area (Å²) in [4.78, 5) is 23.4. The molecule has 7 heteroatoms. The number of hydrogen-bond acceptors (Lipinski definition) is 3. The molecule has 1 spiro atoms. The summed E-state index contributed by atoms with van der Waals surface area (Å²) >= 11 is 0. The van der Waals surface area contributed by atoms with Crippen molar-refractivity contribution in [2.24, 2.45) is 4.99 Å². The summed E-state index contributed by atoms with van der Waals surface area (Å²) in [6.07, 6.45) is 6.59. The maximum absolute atomic E-state index is 14.1. The van der Waals surface area contributed by atoms with Gasteiger partial charge < -0.3 is 10.3 Å². The maximum Gasteiger partial charge on any atom is 0.322 e. The summed E-state index contributed by atoms with van der Waals surface area (Å²) in [6.45, 7) is 5.88. The highest BCUT2D eigenvalue weighted by Gasteiger charge is 2.50. The van der Waals surface area contributed by atoms with Crippen LogP contribution in [0.1, 0.15) is 43.7 Å². The van der Waals surface area contributed by atoms with E-state index in [0.717, 1.165) is 25.7 Å². The summed E-state index contributed by atoms with van der Waals surface area (Å²) in [5.74, 6) is -0.0465. The molecule has 0 atom stereocenters. The third-order valence-corrected chi connectivity index (χ3v) is 7.06. The van der Waals surface area contributed by atoms with E-state index in [1.807, 2.05) is 13.0 Å². The molecule has 0 radical (unpaired) electrons. The maximum atomic E-state index is 14.1. The van der Waals surface area contributed by atoms with E-state index in [-0.39, 0.29) is 17.1 Å². The summed E-state index contributed by atoms with van der Waals surface area (Å²) in [7, 11) is 4.27. The number of aliphatic imine (C=N–C) groups is 1. The number of benzene rings is 1. The van der Waals surface area contributed by atoms with E-state index in [1.165, 1.54) is 11.8 Å². The first-order chi connectivity index (χ1) is 14.8. The number of nitrogens with one attached hydrogen (secondary N) is 2. The Morgan fingerprint density at radius 1 is 1.23 bits per heavy atom. The number of rotatable bonds is 5. The van der Waals surface area contributed by atoms with Crippen molar-refractivity contribution in [1.29, 1.82) is 0 Å². The Morgan fingerprint density at radius 2 is 1.90 bits per heavy atom. The Morgan fingerprint density at radius 3 is 2.52 bits per heavy atom. The average Bonchev–Trinajstić information content (AvgIpc) is 3.28. The van der Waals surface area contributed by atoms with Crippen molar-refractivity contribution in [3.63, 3.8) is 0 Å². The van der Waals surface area contributed by atoms with Crippen molar-refractivity contribution in [2.45, 2.75) is 43.7 Å². The molecule has 1 saturated heterocycles. The van der Waals surface area contributed by atoms with Crippen LogP contribution in [0.5, 0.6) is 0 Å². The van der Waals surface area contributed by atoms with Crippen LogP contribution in [0.15, 0.2) is 47.2 Å². The molecule has 0 bridgehead atoms. The molecular formula is C24H30FN5O. The van der Waals surface area contributed by atoms with Crippen LogP contribution in [0.4, 0.5) is 15.0 Å². The number of carbonyl (C=O) groups excluding carboxylic acids is 1. The van der Waals surface area contributed by atoms with Crippen molar-refractivity contribution >= 4 is 24.6 Å². The molecule has 31 heavy (non-hydrogen) atoms. The van der Waals surface area contributed by atoms with Gasteiger partial charge in [0.25, 0.3) is 0 Å². The molecule has 4 rings (SSSR count). The predicted molar refractivity (Wildman–Crippen MR) is 122 cm³/mol. The zero-order valence-corrected chi connectivity index (χ0v) is 18.4. The SMILES string of the molecule is C=Nc1[nH]cc(F)c1/C=C(\C)N1CC2(CCC(c3ccccc3)(N(C)C)CC2)NC1=O. The Kier molecular flexibility index (Phi) is 5.47. The largest absolute Gasteiger partial charge is 0.343 e. The molecule has 1 saturated carbocycles. The van der Waals surface area contributed by atoms with E-state index in [2.05, 4.69) is 65.3 Å². The van der Waals surface area contributed by atoms with Crippen LogP contribution in [-0.4, -0.2) is 53.7 Å². The van der Waals surface area contributed by atoms with Gasteiger partial charge in [-0.3, -0.25) is 9.80 Å². The molecule has 6 nitrogen and oxygen atoms in total. The minimum atomic E-state index is -0.410. The van der Waals surface area contributed by atoms with Crippen molar-refractivity contribution in [3.8, 4) is 0 Å². The van der Waals surface area contributed by atoms with Gasteiger partial charge in [0.2, 0.25) is 0 Å². The lowest BCUT2D eigenvalue weighted by Gasteiger charge is -2.48. The van der Waals surface area contributed by atoms with E-state index < -0.39 is 5.82 Å². The predicted octanol–water partition coefficient (Wildman–Crippen LogP) is 4.64. The fraction of sp³-hybridized carbons (Fsp3) is 0.417. The zero-order chi connectivity index (χ0) is 22.2. The van der Waals surface area contributed by atoms with E-state index in [1.54, 1.807) is 11.0 Å². The van der Waals surface area contributed by atoms with Gasteiger partial charge in [0.15, 0.2) is 0 Å². The summed E-state index contributed by atoms with van der Waals surface area (Å²) < 4.78 is 14.1. The second-order valence-corrected chi connectivity index (χ2v) is 8.93. The highest BCUT2D eigenvalue weighted by Crippen LogP contribution is 2.46. The van der Waals surface area contributed by atoms with Gasteiger partial charge in [-0.15, -0.1) is 0 Å². The summed E-state index contributed by atoms with van der Waals surface area (Å²) in [5, 5.41) is 3.24. The highest BCUT2D eigenvalue weighted by atomic mass is 19.1. The molecule has 0 unspecified atom stereocenters. The van der Waals surface area contributed by atoms with Crippen LogP contribution in [0.3, 0.4) is 0 Å². The zero-order valence-electron chi connectivity index (χ0n) is 18.4. The van der Waals surface area contributed by atoms with E-state index in [9.17, 15) is 9.18 Å². The number of carbonyl (C=O) groups is 1. The molecule has 2 fully saturated rings. The molecule has 2 aromatic rings. The second kappa shape index (κ2) is 7.96. The van der Waals surface area contributed by atoms with Crippen LogP contribution in [-0.2, 0) is 5.54 Å². The lowest BCUT2D eigenvalue weighted by atomic mass is 9.69. The smallest absolute Gasteiger partial charge is 0.322 e. The molecule has 1 aliphatic carbocycles. The fourth-order valence-electron chi connectivity index (χ4n) is 5.12. The minimum Gasteiger partial charge on any atom is -0.343 e. The first-order valence-corrected chi connectivity index (χ1v) is 10.6. The quantitative estimate of drug-likeness (QED) is 0.688. The monoisotopic (exact) mass is 423 g/mol. The molecule has 1 aromatic heterocycles. The first kappa shape index (κ1) is 21.3. The van der Waals surface area contributed by atoms with Gasteiger partial charge in [-0.05, 0) is 65.1 Å². The van der Waals surface area contributed by atoms with Crippen molar-refractivity contribution < 1.29 is 9.18 Å². The van der Waals surface area contributed by atoms with E-state index in [4.69, 9.17) is 0 Å². The normalized spacial score (nSPS) is 26.5. The highest BCUT2D eigenvalue weighted by molar-refractivity contribution is 5.81. The van der Waals surface area contributed by atoms with Crippen LogP contribution in [0, 0.1) is 5.82 Å². The fourth-order valence-corrected chi connectivity index (χ4v) is 5.12. The molecule has 1 aromatic carbocycles. The van der Waals surface area contributed by atoms with Crippen molar-refractivity contribution in [3.05, 3.63) is 59.2 Å². The Labute approximate surface area is 182 Å². The van der Waals surface area contributed by atoms with Crippen LogP contribution in [0.2, 0.25) is 0 Å².